The number of carbonyl (C=O) groups excluding carboxylic acids is 3. The van der Waals surface area contributed by atoms with Crippen LogP contribution in [-0.4, -0.2) is 72.4 Å². The van der Waals surface area contributed by atoms with Gasteiger partial charge in [0, 0.05) is 45.4 Å². The van der Waals surface area contributed by atoms with Crippen LogP contribution in [0.25, 0.3) is 0 Å². The number of ether oxygens (including phenoxy) is 1. The molecule has 1 aromatic rings. The Morgan fingerprint density at radius 2 is 1.76 bits per heavy atom. The number of rotatable bonds is 6. The Balaban J connectivity index is 0.00000324. The summed E-state index contributed by atoms with van der Waals surface area (Å²) in [7, 11) is 3.39. The normalized spacial score (nSPS) is 23.7. The number of benzene rings is 1. The van der Waals surface area contributed by atoms with E-state index in [1.165, 1.54) is 20.9 Å². The Labute approximate surface area is 209 Å². The van der Waals surface area contributed by atoms with E-state index >= 15 is 0 Å². The lowest BCUT2D eigenvalue weighted by Crippen LogP contribution is -2.46. The minimum Gasteiger partial charge on any atom is -0.410 e. The number of fused-ring (bicyclic) bond motifs is 3. The molecule has 1 aromatic carbocycles. The molecule has 2 saturated heterocycles. The number of likely N-dealkylation sites (tertiary alicyclic amines) is 2. The van der Waals surface area contributed by atoms with Crippen molar-refractivity contribution in [3.8, 4) is 5.75 Å². The second kappa shape index (κ2) is 10.6. The molecule has 2 atom stereocenters. The van der Waals surface area contributed by atoms with E-state index in [0.717, 1.165) is 45.2 Å². The minimum absolute atomic E-state index is 0. The highest BCUT2D eigenvalue weighted by atomic mass is 35.5. The molecule has 3 aliphatic rings. The summed E-state index contributed by atoms with van der Waals surface area (Å²) in [5.74, 6) is 1.13. The highest BCUT2D eigenvalue weighted by molar-refractivity contribution is 5.98. The standard InChI is InChI=1S/C26H37N3O4.ClH/c1-26(2)16-23(30)29(24(31)17-26)14-6-5-13-28-15-12-19-18-8-7-9-22(33-25(32)27(3)4)20(18)10-11-21(19)28;/h7-9,19,21H,5-6,10-17H2,1-4H3;1H/t19-,21+;/m1./s1. The van der Waals surface area contributed by atoms with Crippen LogP contribution in [0.1, 0.15) is 69.4 Å². The number of carbonyl (C=O) groups is 3. The summed E-state index contributed by atoms with van der Waals surface area (Å²) in [6, 6.07) is 6.60. The van der Waals surface area contributed by atoms with E-state index in [0.29, 0.717) is 37.1 Å². The van der Waals surface area contributed by atoms with Crippen LogP contribution >= 0.6 is 12.4 Å². The Hall–Kier alpha value is -2.12. The van der Waals surface area contributed by atoms with E-state index in [2.05, 4.69) is 11.0 Å². The van der Waals surface area contributed by atoms with Gasteiger partial charge in [0.2, 0.25) is 11.8 Å². The number of halogens is 1. The van der Waals surface area contributed by atoms with Crippen LogP contribution < -0.4 is 4.74 Å². The van der Waals surface area contributed by atoms with Gasteiger partial charge in [-0.25, -0.2) is 4.79 Å². The molecular weight excluding hydrogens is 454 g/mol. The molecule has 8 heteroatoms. The fourth-order valence-electron chi connectivity index (χ4n) is 5.76. The summed E-state index contributed by atoms with van der Waals surface area (Å²) in [6.45, 7) is 6.57. The van der Waals surface area contributed by atoms with Crippen molar-refractivity contribution in [3.05, 3.63) is 29.3 Å². The zero-order chi connectivity index (χ0) is 23.8. The molecular formula is C26H38ClN3O4. The summed E-state index contributed by atoms with van der Waals surface area (Å²) in [6.07, 6.45) is 5.50. The van der Waals surface area contributed by atoms with E-state index in [-0.39, 0.29) is 35.7 Å². The third-order valence-corrected chi connectivity index (χ3v) is 7.42. The van der Waals surface area contributed by atoms with E-state index in [1.54, 1.807) is 14.1 Å². The zero-order valence-corrected chi connectivity index (χ0v) is 21.7. The summed E-state index contributed by atoms with van der Waals surface area (Å²) in [4.78, 5) is 42.3. The Morgan fingerprint density at radius 3 is 2.44 bits per heavy atom. The fraction of sp³-hybridized carbons (Fsp3) is 0.654. The number of hydrogen-bond donors (Lipinski definition) is 0. The molecule has 0 radical (unpaired) electrons. The first-order valence-corrected chi connectivity index (χ1v) is 12.2. The van der Waals surface area contributed by atoms with Crippen molar-refractivity contribution in [1.82, 2.24) is 14.7 Å². The maximum Gasteiger partial charge on any atom is 0.414 e. The molecule has 2 heterocycles. The van der Waals surface area contributed by atoms with E-state index in [1.807, 2.05) is 26.0 Å². The lowest BCUT2D eigenvalue weighted by Gasteiger charge is -2.35. The summed E-state index contributed by atoms with van der Waals surface area (Å²) < 4.78 is 5.63. The molecule has 188 valence electrons. The predicted octanol–water partition coefficient (Wildman–Crippen LogP) is 4.23. The summed E-state index contributed by atoms with van der Waals surface area (Å²) in [5.41, 5.74) is 2.29. The fourth-order valence-corrected chi connectivity index (χ4v) is 5.76. The second-order valence-corrected chi connectivity index (χ2v) is 10.8. The van der Waals surface area contributed by atoms with Gasteiger partial charge in [0.05, 0.1) is 0 Å². The lowest BCUT2D eigenvalue weighted by molar-refractivity contribution is -0.152. The maximum absolute atomic E-state index is 12.4. The highest BCUT2D eigenvalue weighted by Crippen LogP contribution is 2.44. The molecule has 0 unspecified atom stereocenters. The summed E-state index contributed by atoms with van der Waals surface area (Å²) >= 11 is 0. The van der Waals surface area contributed by atoms with Crippen molar-refractivity contribution in [2.75, 3.05) is 33.7 Å². The Bertz CT molecular complexity index is 913. The third-order valence-electron chi connectivity index (χ3n) is 7.42. The van der Waals surface area contributed by atoms with Crippen molar-refractivity contribution < 1.29 is 19.1 Å². The monoisotopic (exact) mass is 491 g/mol. The molecule has 1 aliphatic carbocycles. The van der Waals surface area contributed by atoms with Crippen LogP contribution in [0.5, 0.6) is 5.75 Å². The molecule has 2 fully saturated rings. The number of hydrogen-bond acceptors (Lipinski definition) is 5. The van der Waals surface area contributed by atoms with Gasteiger partial charge in [0.25, 0.3) is 0 Å². The first-order valence-electron chi connectivity index (χ1n) is 12.2. The van der Waals surface area contributed by atoms with E-state index in [9.17, 15) is 14.4 Å². The van der Waals surface area contributed by atoms with Gasteiger partial charge in [-0.15, -0.1) is 12.4 Å². The van der Waals surface area contributed by atoms with Gasteiger partial charge < -0.3 is 9.64 Å². The van der Waals surface area contributed by atoms with Crippen molar-refractivity contribution in [1.29, 1.82) is 0 Å². The van der Waals surface area contributed by atoms with Crippen molar-refractivity contribution in [2.24, 2.45) is 5.41 Å². The number of unbranched alkanes of at least 4 members (excludes halogenated alkanes) is 1. The molecule has 4 rings (SSSR count). The molecule has 3 amide bonds. The minimum atomic E-state index is -0.340. The number of amides is 3. The smallest absolute Gasteiger partial charge is 0.410 e. The zero-order valence-electron chi connectivity index (χ0n) is 20.8. The van der Waals surface area contributed by atoms with Gasteiger partial charge in [-0.1, -0.05) is 26.0 Å². The second-order valence-electron chi connectivity index (χ2n) is 10.8. The molecule has 7 nitrogen and oxygen atoms in total. The number of nitrogens with zero attached hydrogens (tertiary/aromatic N) is 3. The average molecular weight is 492 g/mol. The van der Waals surface area contributed by atoms with Crippen LogP contribution in [0.2, 0.25) is 0 Å². The molecule has 0 bridgehead atoms. The van der Waals surface area contributed by atoms with E-state index in [4.69, 9.17) is 4.74 Å². The van der Waals surface area contributed by atoms with Crippen LogP contribution in [0.4, 0.5) is 4.79 Å². The molecule has 2 aliphatic heterocycles. The molecule has 0 N–H and O–H groups in total. The summed E-state index contributed by atoms with van der Waals surface area (Å²) in [5, 5.41) is 0. The lowest BCUT2D eigenvalue weighted by atomic mass is 9.79. The number of imide groups is 1. The Morgan fingerprint density at radius 1 is 1.09 bits per heavy atom. The van der Waals surface area contributed by atoms with Crippen molar-refractivity contribution in [3.63, 3.8) is 0 Å². The van der Waals surface area contributed by atoms with Crippen molar-refractivity contribution >= 4 is 30.3 Å². The topological polar surface area (TPSA) is 70.2 Å². The SMILES string of the molecule is CN(C)C(=O)Oc1cccc2c1CC[C@H]1[C@@H]2CCN1CCCCN1C(=O)CC(C)(C)CC1=O.Cl. The third kappa shape index (κ3) is 5.57. The quantitative estimate of drug-likeness (QED) is 0.440. The first-order chi connectivity index (χ1) is 15.7. The van der Waals surface area contributed by atoms with Gasteiger partial charge >= 0.3 is 6.09 Å². The van der Waals surface area contributed by atoms with Crippen LogP contribution in [-0.2, 0) is 16.0 Å². The molecule has 0 aromatic heterocycles. The maximum atomic E-state index is 12.4. The largest absolute Gasteiger partial charge is 0.414 e. The molecule has 0 spiro atoms. The van der Waals surface area contributed by atoms with E-state index < -0.39 is 0 Å². The van der Waals surface area contributed by atoms with Crippen LogP contribution in [0.15, 0.2) is 18.2 Å². The predicted molar refractivity (Wildman–Crippen MR) is 133 cm³/mol. The van der Waals surface area contributed by atoms with Crippen LogP contribution in [0, 0.1) is 5.41 Å². The Kier molecular flexibility index (Phi) is 8.30. The number of piperidine rings is 1. The van der Waals surface area contributed by atoms with Crippen LogP contribution in [0.3, 0.4) is 0 Å². The molecule has 0 saturated carbocycles. The highest BCUT2D eigenvalue weighted by Gasteiger charge is 2.40. The van der Waals surface area contributed by atoms with Gasteiger partial charge in [0.1, 0.15) is 5.75 Å². The first kappa shape index (κ1) is 26.5. The average Bonchev–Trinajstić information content (AvgIpc) is 3.15. The van der Waals surface area contributed by atoms with Gasteiger partial charge in [0.15, 0.2) is 0 Å². The van der Waals surface area contributed by atoms with Gasteiger partial charge in [-0.05, 0) is 67.8 Å². The van der Waals surface area contributed by atoms with Gasteiger partial charge in [-0.3, -0.25) is 19.4 Å². The molecule has 34 heavy (non-hydrogen) atoms. The van der Waals surface area contributed by atoms with Crippen molar-refractivity contribution in [2.45, 2.75) is 70.8 Å². The van der Waals surface area contributed by atoms with Gasteiger partial charge in [-0.2, -0.15) is 0 Å².